The fourth-order valence-corrected chi connectivity index (χ4v) is 9.49. The first kappa shape index (κ1) is 22.7. The second-order valence-corrected chi connectivity index (χ2v) is 14.3. The lowest BCUT2D eigenvalue weighted by Gasteiger charge is -2.43. The largest absolute Gasteiger partial charge is 0.405 e. The summed E-state index contributed by atoms with van der Waals surface area (Å²) in [6.45, 7) is 8.28. The van der Waals surface area contributed by atoms with Gasteiger partial charge in [0, 0.05) is 0 Å². The molecule has 2 aromatic carbocycles. The number of aliphatic hydroxyl groups excluding tert-OH is 1. The maximum atomic E-state index is 10.5. The van der Waals surface area contributed by atoms with E-state index in [1.54, 1.807) is 0 Å². The molecule has 0 saturated carbocycles. The predicted molar refractivity (Wildman–Crippen MR) is 126 cm³/mol. The Morgan fingerprint density at radius 3 is 2.06 bits per heavy atom. The predicted octanol–water partition coefficient (Wildman–Crippen LogP) is 3.65. The van der Waals surface area contributed by atoms with E-state index in [0.717, 1.165) is 32.3 Å². The molecule has 0 aromatic heterocycles. The monoisotopic (exact) mass is 440 g/mol. The molecule has 4 nitrogen and oxygen atoms in total. The second-order valence-electron chi connectivity index (χ2n) is 9.95. The summed E-state index contributed by atoms with van der Waals surface area (Å²) in [5.41, 5.74) is 0. The fraction of sp³-hybridized carbons (Fsp3) is 0.538. The molecule has 2 aliphatic rings. The lowest BCUT2D eigenvalue weighted by atomic mass is 10.0. The van der Waals surface area contributed by atoms with E-state index in [1.807, 2.05) is 0 Å². The standard InChI is InChI=1S/C26H36O4Si/c1-26(2,3)31(22-10-6-4-7-11-22,23-12-8-5-9-13-23)29-19-21-15-17-25(30-21)24(27)16-14-20-18-28-20/h4-13,20-21,24-25,27H,14-19H2,1-3H3/t20-,21+,24+,25+/m1/s1. The van der Waals surface area contributed by atoms with Crippen molar-refractivity contribution in [1.29, 1.82) is 0 Å². The third-order valence-corrected chi connectivity index (χ3v) is 11.7. The Bertz CT molecular complexity index is 777. The molecule has 0 radical (unpaired) electrons. The lowest BCUT2D eigenvalue weighted by Crippen LogP contribution is -2.67. The van der Waals surface area contributed by atoms with Gasteiger partial charge in [0.05, 0.1) is 37.6 Å². The van der Waals surface area contributed by atoms with Crippen LogP contribution in [-0.2, 0) is 13.9 Å². The average Bonchev–Trinajstić information content (AvgIpc) is 3.48. The van der Waals surface area contributed by atoms with E-state index in [-0.39, 0.29) is 17.2 Å². The first-order chi connectivity index (χ1) is 14.9. The summed E-state index contributed by atoms with van der Waals surface area (Å²) in [6.07, 6.45) is 3.36. The van der Waals surface area contributed by atoms with E-state index in [0.29, 0.717) is 12.7 Å². The molecule has 2 heterocycles. The van der Waals surface area contributed by atoms with E-state index in [1.165, 1.54) is 10.4 Å². The minimum absolute atomic E-state index is 0.0264. The molecule has 31 heavy (non-hydrogen) atoms. The summed E-state index contributed by atoms with van der Waals surface area (Å²) in [5, 5.41) is 13.1. The van der Waals surface area contributed by atoms with Crippen molar-refractivity contribution >= 4 is 18.7 Å². The molecule has 168 valence electrons. The van der Waals surface area contributed by atoms with Gasteiger partial charge < -0.3 is 19.0 Å². The first-order valence-electron chi connectivity index (χ1n) is 11.6. The highest BCUT2D eigenvalue weighted by Gasteiger charge is 2.50. The zero-order valence-corrected chi connectivity index (χ0v) is 20.0. The topological polar surface area (TPSA) is 51.2 Å². The number of rotatable bonds is 9. The van der Waals surface area contributed by atoms with Gasteiger partial charge in [0.15, 0.2) is 0 Å². The highest BCUT2D eigenvalue weighted by Crippen LogP contribution is 2.37. The zero-order valence-electron chi connectivity index (χ0n) is 19.0. The second kappa shape index (κ2) is 9.55. The van der Waals surface area contributed by atoms with E-state index >= 15 is 0 Å². The van der Waals surface area contributed by atoms with E-state index < -0.39 is 14.4 Å². The van der Waals surface area contributed by atoms with Crippen LogP contribution in [0.2, 0.25) is 5.04 Å². The van der Waals surface area contributed by atoms with Crippen LogP contribution in [0.25, 0.3) is 0 Å². The van der Waals surface area contributed by atoms with Gasteiger partial charge >= 0.3 is 0 Å². The fourth-order valence-electron chi connectivity index (χ4n) is 4.90. The molecule has 0 spiro atoms. The smallest absolute Gasteiger partial charge is 0.261 e. The van der Waals surface area contributed by atoms with Crippen molar-refractivity contribution in [2.24, 2.45) is 0 Å². The zero-order chi connectivity index (χ0) is 21.9. The molecule has 0 bridgehead atoms. The summed E-state index contributed by atoms with van der Waals surface area (Å²) in [4.78, 5) is 0. The Morgan fingerprint density at radius 2 is 1.55 bits per heavy atom. The molecule has 2 aromatic rings. The van der Waals surface area contributed by atoms with Gasteiger partial charge in [-0.1, -0.05) is 81.4 Å². The van der Waals surface area contributed by atoms with Gasteiger partial charge in [0.1, 0.15) is 0 Å². The Morgan fingerprint density at radius 1 is 0.968 bits per heavy atom. The normalized spacial score (nSPS) is 24.8. The SMILES string of the molecule is CC(C)(C)[Si](OC[C@@H]1CC[C@@H]([C@@H](O)CC[C@@H]2CO2)O1)(c1ccccc1)c1ccccc1. The van der Waals surface area contributed by atoms with Crippen LogP contribution in [0.1, 0.15) is 46.5 Å². The number of ether oxygens (including phenoxy) is 2. The van der Waals surface area contributed by atoms with Crippen LogP contribution in [0, 0.1) is 0 Å². The van der Waals surface area contributed by atoms with Crippen LogP contribution < -0.4 is 10.4 Å². The van der Waals surface area contributed by atoms with Crippen molar-refractivity contribution in [2.75, 3.05) is 13.2 Å². The molecule has 2 saturated heterocycles. The summed E-state index contributed by atoms with van der Waals surface area (Å²) in [6, 6.07) is 21.4. The lowest BCUT2D eigenvalue weighted by molar-refractivity contribution is -0.0499. The van der Waals surface area contributed by atoms with Gasteiger partial charge in [0.25, 0.3) is 8.32 Å². The van der Waals surface area contributed by atoms with Crippen LogP contribution in [0.15, 0.2) is 60.7 Å². The first-order valence-corrected chi connectivity index (χ1v) is 13.5. The van der Waals surface area contributed by atoms with Crippen molar-refractivity contribution < 1.29 is 19.0 Å². The van der Waals surface area contributed by atoms with Gasteiger partial charge in [-0.25, -0.2) is 0 Å². The Labute approximate surface area is 187 Å². The van der Waals surface area contributed by atoms with Gasteiger partial charge in [-0.2, -0.15) is 0 Å². The molecule has 4 rings (SSSR count). The van der Waals surface area contributed by atoms with Crippen LogP contribution in [0.4, 0.5) is 0 Å². The molecule has 0 unspecified atom stereocenters. The maximum absolute atomic E-state index is 10.5. The molecule has 0 amide bonds. The number of epoxide rings is 1. The molecule has 0 aliphatic carbocycles. The van der Waals surface area contributed by atoms with E-state index in [4.69, 9.17) is 13.9 Å². The van der Waals surface area contributed by atoms with Crippen molar-refractivity contribution in [1.82, 2.24) is 0 Å². The Kier molecular flexibility index (Phi) is 6.99. The van der Waals surface area contributed by atoms with Gasteiger partial charge in [-0.15, -0.1) is 0 Å². The van der Waals surface area contributed by atoms with Crippen molar-refractivity contribution in [3.8, 4) is 0 Å². The summed E-state index contributed by atoms with van der Waals surface area (Å²) < 4.78 is 18.5. The summed E-state index contributed by atoms with van der Waals surface area (Å²) >= 11 is 0. The van der Waals surface area contributed by atoms with Crippen LogP contribution in [0.3, 0.4) is 0 Å². The summed E-state index contributed by atoms with van der Waals surface area (Å²) in [7, 11) is -2.55. The van der Waals surface area contributed by atoms with Crippen LogP contribution >= 0.6 is 0 Å². The Balaban J connectivity index is 1.50. The van der Waals surface area contributed by atoms with Gasteiger partial charge in [0.2, 0.25) is 0 Å². The molecular weight excluding hydrogens is 404 g/mol. The third kappa shape index (κ3) is 5.12. The molecule has 4 atom stereocenters. The highest BCUT2D eigenvalue weighted by molar-refractivity contribution is 6.99. The summed E-state index contributed by atoms with van der Waals surface area (Å²) in [5.74, 6) is 0. The van der Waals surface area contributed by atoms with Gasteiger partial charge in [-0.3, -0.25) is 0 Å². The quantitative estimate of drug-likeness (QED) is 0.478. The Hall–Kier alpha value is -1.50. The third-order valence-electron chi connectivity index (χ3n) is 6.66. The van der Waals surface area contributed by atoms with Crippen LogP contribution in [0.5, 0.6) is 0 Å². The minimum Gasteiger partial charge on any atom is -0.405 e. The molecular formula is C26H36O4Si. The molecule has 5 heteroatoms. The molecule has 1 N–H and O–H groups in total. The number of hydrogen-bond acceptors (Lipinski definition) is 4. The molecule has 2 fully saturated rings. The number of hydrogen-bond donors (Lipinski definition) is 1. The number of aliphatic hydroxyl groups is 1. The van der Waals surface area contributed by atoms with Crippen molar-refractivity contribution in [3.05, 3.63) is 60.7 Å². The van der Waals surface area contributed by atoms with E-state index in [2.05, 4.69) is 81.4 Å². The number of benzene rings is 2. The van der Waals surface area contributed by atoms with Crippen molar-refractivity contribution in [3.63, 3.8) is 0 Å². The maximum Gasteiger partial charge on any atom is 0.261 e. The van der Waals surface area contributed by atoms with Crippen LogP contribution in [-0.4, -0.2) is 51.1 Å². The van der Waals surface area contributed by atoms with Gasteiger partial charge in [-0.05, 0) is 41.1 Å². The van der Waals surface area contributed by atoms with E-state index in [9.17, 15) is 5.11 Å². The minimum atomic E-state index is -2.55. The molecule has 2 aliphatic heterocycles. The van der Waals surface area contributed by atoms with Crippen molar-refractivity contribution in [2.45, 2.75) is 75.9 Å². The average molecular weight is 441 g/mol. The highest BCUT2D eigenvalue weighted by atomic mass is 28.4.